The van der Waals surface area contributed by atoms with Crippen molar-refractivity contribution < 1.29 is 10.2 Å². The molecule has 1 aliphatic rings. The van der Waals surface area contributed by atoms with Crippen LogP contribution < -0.4 is 5.32 Å². The summed E-state index contributed by atoms with van der Waals surface area (Å²) in [4.78, 5) is 2.49. The average Bonchev–Trinajstić information content (AvgIpc) is 2.43. The van der Waals surface area contributed by atoms with E-state index in [1.165, 1.54) is 32.0 Å². The Morgan fingerprint density at radius 3 is 2.58 bits per heavy atom. The molecule has 1 aromatic rings. The molecular formula is C15H24N2O2. The first kappa shape index (κ1) is 14.2. The molecular weight excluding hydrogens is 240 g/mol. The Morgan fingerprint density at radius 1 is 1.21 bits per heavy atom. The van der Waals surface area contributed by atoms with Crippen LogP contribution in [0.25, 0.3) is 0 Å². The Bertz CT molecular complexity index is 401. The quantitative estimate of drug-likeness (QED) is 0.711. The molecule has 106 valence electrons. The van der Waals surface area contributed by atoms with E-state index in [0.29, 0.717) is 0 Å². The lowest BCUT2D eigenvalue weighted by atomic mass is 9.97. The second-order valence-electron chi connectivity index (χ2n) is 5.33. The third-order valence-corrected chi connectivity index (χ3v) is 3.96. The summed E-state index contributed by atoms with van der Waals surface area (Å²) in [6.45, 7) is 7.56. The molecule has 0 aromatic heterocycles. The Labute approximate surface area is 115 Å². The van der Waals surface area contributed by atoms with Crippen LogP contribution in [-0.4, -0.2) is 41.3 Å². The fraction of sp³-hybridized carbons (Fsp3) is 0.600. The van der Waals surface area contributed by atoms with E-state index in [0.717, 1.165) is 31.1 Å². The number of benzene rings is 1. The van der Waals surface area contributed by atoms with Crippen LogP contribution in [0.15, 0.2) is 18.2 Å². The van der Waals surface area contributed by atoms with Crippen LogP contribution in [0.3, 0.4) is 0 Å². The Morgan fingerprint density at radius 2 is 1.95 bits per heavy atom. The van der Waals surface area contributed by atoms with Crippen molar-refractivity contribution in [3.05, 3.63) is 23.8 Å². The highest BCUT2D eigenvalue weighted by Crippen LogP contribution is 2.24. The molecule has 4 heteroatoms. The minimum absolute atomic E-state index is 0.0458. The second-order valence-corrected chi connectivity index (χ2v) is 5.33. The number of hydrogen-bond acceptors (Lipinski definition) is 4. The number of phenolic OH excluding ortho intramolecular Hbond substituents is 2. The number of likely N-dealkylation sites (tertiary alicyclic amines) is 1. The minimum atomic E-state index is -0.0595. The summed E-state index contributed by atoms with van der Waals surface area (Å²) < 4.78 is 0. The van der Waals surface area contributed by atoms with E-state index < -0.39 is 0 Å². The van der Waals surface area contributed by atoms with Crippen molar-refractivity contribution in [2.45, 2.75) is 26.3 Å². The molecule has 0 spiro atoms. The van der Waals surface area contributed by atoms with Crippen LogP contribution >= 0.6 is 0 Å². The number of rotatable bonds is 5. The fourth-order valence-electron chi connectivity index (χ4n) is 2.61. The van der Waals surface area contributed by atoms with Crippen LogP contribution in [0, 0.1) is 5.92 Å². The van der Waals surface area contributed by atoms with Crippen LogP contribution in [0.1, 0.15) is 25.3 Å². The monoisotopic (exact) mass is 264 g/mol. The van der Waals surface area contributed by atoms with Gasteiger partial charge in [-0.05, 0) is 62.6 Å². The Kier molecular flexibility index (Phi) is 5.05. The van der Waals surface area contributed by atoms with Gasteiger partial charge in [-0.1, -0.05) is 13.0 Å². The number of aromatic hydroxyl groups is 2. The lowest BCUT2D eigenvalue weighted by Crippen LogP contribution is -2.36. The molecule has 0 amide bonds. The van der Waals surface area contributed by atoms with Crippen LogP contribution in [0.2, 0.25) is 0 Å². The standard InChI is InChI=1S/C15H24N2O2/c1-2-17-7-5-12(6-8-17)10-16-11-13-3-4-14(18)15(19)9-13/h3-4,9,12,16,18-19H,2,5-8,10-11H2,1H3. The highest BCUT2D eigenvalue weighted by Gasteiger charge is 2.17. The van der Waals surface area contributed by atoms with Gasteiger partial charge in [-0.15, -0.1) is 0 Å². The minimum Gasteiger partial charge on any atom is -0.504 e. The summed E-state index contributed by atoms with van der Waals surface area (Å²) in [5.74, 6) is 0.653. The molecule has 1 aromatic carbocycles. The van der Waals surface area contributed by atoms with Crippen molar-refractivity contribution in [1.82, 2.24) is 10.2 Å². The third-order valence-electron chi connectivity index (χ3n) is 3.96. The van der Waals surface area contributed by atoms with Crippen molar-refractivity contribution in [3.8, 4) is 11.5 Å². The van der Waals surface area contributed by atoms with E-state index in [4.69, 9.17) is 0 Å². The van der Waals surface area contributed by atoms with E-state index in [2.05, 4.69) is 17.1 Å². The van der Waals surface area contributed by atoms with Gasteiger partial charge < -0.3 is 20.4 Å². The third kappa shape index (κ3) is 4.11. The van der Waals surface area contributed by atoms with Gasteiger partial charge in [0.15, 0.2) is 11.5 Å². The van der Waals surface area contributed by atoms with E-state index in [1.807, 2.05) is 6.07 Å². The molecule has 4 nitrogen and oxygen atoms in total. The predicted octanol–water partition coefficient (Wildman–Crippen LogP) is 1.92. The first-order valence-corrected chi connectivity index (χ1v) is 7.13. The van der Waals surface area contributed by atoms with Gasteiger partial charge in [0, 0.05) is 6.54 Å². The second kappa shape index (κ2) is 6.78. The molecule has 0 saturated carbocycles. The number of nitrogens with zero attached hydrogens (tertiary/aromatic N) is 1. The first-order valence-electron chi connectivity index (χ1n) is 7.13. The number of piperidine rings is 1. The lowest BCUT2D eigenvalue weighted by Gasteiger charge is -2.31. The van der Waals surface area contributed by atoms with Gasteiger partial charge in [-0.3, -0.25) is 0 Å². The van der Waals surface area contributed by atoms with Crippen LogP contribution in [-0.2, 0) is 6.54 Å². The van der Waals surface area contributed by atoms with Crippen molar-refractivity contribution in [3.63, 3.8) is 0 Å². The van der Waals surface area contributed by atoms with Crippen LogP contribution in [0.4, 0.5) is 0 Å². The van der Waals surface area contributed by atoms with Gasteiger partial charge >= 0.3 is 0 Å². The Balaban J connectivity index is 1.70. The summed E-state index contributed by atoms with van der Waals surface area (Å²) in [6.07, 6.45) is 2.53. The predicted molar refractivity (Wildman–Crippen MR) is 76.3 cm³/mol. The maximum absolute atomic E-state index is 9.42. The number of hydrogen-bond donors (Lipinski definition) is 3. The normalized spacial score (nSPS) is 17.7. The lowest BCUT2D eigenvalue weighted by molar-refractivity contribution is 0.190. The van der Waals surface area contributed by atoms with Crippen molar-refractivity contribution in [2.75, 3.05) is 26.2 Å². The molecule has 0 aliphatic carbocycles. The fourth-order valence-corrected chi connectivity index (χ4v) is 2.61. The van der Waals surface area contributed by atoms with Gasteiger partial charge in [0.2, 0.25) is 0 Å². The van der Waals surface area contributed by atoms with Gasteiger partial charge in [0.25, 0.3) is 0 Å². The van der Waals surface area contributed by atoms with Gasteiger partial charge in [0.1, 0.15) is 0 Å². The highest BCUT2D eigenvalue weighted by molar-refractivity contribution is 5.40. The largest absolute Gasteiger partial charge is 0.504 e. The summed E-state index contributed by atoms with van der Waals surface area (Å²) in [5.41, 5.74) is 1.00. The van der Waals surface area contributed by atoms with E-state index in [9.17, 15) is 10.2 Å². The summed E-state index contributed by atoms with van der Waals surface area (Å²) >= 11 is 0. The highest BCUT2D eigenvalue weighted by atomic mass is 16.3. The van der Waals surface area contributed by atoms with Gasteiger partial charge in [-0.2, -0.15) is 0 Å². The number of nitrogens with one attached hydrogen (secondary N) is 1. The maximum atomic E-state index is 9.42. The Hall–Kier alpha value is -1.26. The zero-order valence-corrected chi connectivity index (χ0v) is 11.6. The van der Waals surface area contributed by atoms with E-state index >= 15 is 0 Å². The first-order chi connectivity index (χ1) is 9.19. The smallest absolute Gasteiger partial charge is 0.157 e. The van der Waals surface area contributed by atoms with Crippen molar-refractivity contribution >= 4 is 0 Å². The average molecular weight is 264 g/mol. The zero-order valence-electron chi connectivity index (χ0n) is 11.6. The zero-order chi connectivity index (χ0) is 13.7. The van der Waals surface area contributed by atoms with Crippen molar-refractivity contribution in [2.24, 2.45) is 5.92 Å². The van der Waals surface area contributed by atoms with Gasteiger partial charge in [-0.25, -0.2) is 0 Å². The van der Waals surface area contributed by atoms with Crippen molar-refractivity contribution in [1.29, 1.82) is 0 Å². The van der Waals surface area contributed by atoms with Crippen LogP contribution in [0.5, 0.6) is 11.5 Å². The molecule has 0 radical (unpaired) electrons. The summed E-state index contributed by atoms with van der Waals surface area (Å²) in [7, 11) is 0. The molecule has 1 fully saturated rings. The molecule has 1 saturated heterocycles. The van der Waals surface area contributed by atoms with E-state index in [-0.39, 0.29) is 11.5 Å². The molecule has 1 heterocycles. The molecule has 0 unspecified atom stereocenters. The van der Waals surface area contributed by atoms with E-state index in [1.54, 1.807) is 6.07 Å². The molecule has 19 heavy (non-hydrogen) atoms. The maximum Gasteiger partial charge on any atom is 0.157 e. The number of phenols is 2. The SMILES string of the molecule is CCN1CCC(CNCc2ccc(O)c(O)c2)CC1. The summed E-state index contributed by atoms with van der Waals surface area (Å²) in [5, 5.41) is 22.1. The molecule has 0 atom stereocenters. The molecule has 3 N–H and O–H groups in total. The molecule has 0 bridgehead atoms. The molecule has 2 rings (SSSR count). The summed E-state index contributed by atoms with van der Waals surface area (Å²) in [6, 6.07) is 4.98. The molecule has 1 aliphatic heterocycles. The van der Waals surface area contributed by atoms with Gasteiger partial charge in [0.05, 0.1) is 0 Å². The topological polar surface area (TPSA) is 55.7 Å².